The number of ether oxygens (including phenoxy) is 1. The van der Waals surface area contributed by atoms with Crippen molar-refractivity contribution in [1.29, 1.82) is 0 Å². The van der Waals surface area contributed by atoms with Crippen LogP contribution in [0.25, 0.3) is 11.0 Å². The van der Waals surface area contributed by atoms with Gasteiger partial charge in [-0.15, -0.1) is 0 Å². The fourth-order valence-corrected chi connectivity index (χ4v) is 4.85. The topological polar surface area (TPSA) is 68.5 Å². The van der Waals surface area contributed by atoms with E-state index >= 15 is 0 Å². The zero-order valence-electron chi connectivity index (χ0n) is 20.5. The van der Waals surface area contributed by atoms with Crippen molar-refractivity contribution in [3.8, 4) is 5.75 Å². The van der Waals surface area contributed by atoms with Crippen molar-refractivity contribution < 1.29 is 9.53 Å². The predicted molar refractivity (Wildman–Crippen MR) is 154 cm³/mol. The van der Waals surface area contributed by atoms with Crippen LogP contribution in [0.1, 0.15) is 16.7 Å². The number of rotatable bonds is 10. The molecule has 1 aromatic heterocycles. The Morgan fingerprint density at radius 3 is 2.50 bits per heavy atom. The maximum Gasteiger partial charge on any atom is 0.250 e. The number of aromatic nitrogens is 2. The number of hydrogen-bond donors (Lipinski definition) is 1. The van der Waals surface area contributed by atoms with Crippen LogP contribution in [0.3, 0.4) is 0 Å². The first kappa shape index (κ1) is 25.6. The molecule has 0 aliphatic rings. The number of carbonyl (C=O) groups is 1. The van der Waals surface area contributed by atoms with E-state index in [0.29, 0.717) is 18.2 Å². The van der Waals surface area contributed by atoms with E-state index in [-0.39, 0.29) is 11.7 Å². The van der Waals surface area contributed by atoms with Crippen LogP contribution in [0.4, 0.5) is 0 Å². The Kier molecular flexibility index (Phi) is 8.38. The molecule has 38 heavy (non-hydrogen) atoms. The molecule has 0 atom stereocenters. The zero-order valence-corrected chi connectivity index (χ0v) is 22.0. The lowest BCUT2D eigenvalue weighted by atomic mass is 10.2. The third-order valence-corrected chi connectivity index (χ3v) is 7.11. The fraction of sp³-hybridized carbons (Fsp3) is 0.100. The number of carbonyl (C=O) groups excluding carboxylic acids is 1. The van der Waals surface area contributed by atoms with Gasteiger partial charge in [-0.25, -0.2) is 10.4 Å². The standard InChI is InChI=1S/C30H25ClN4O2S/c31-26-11-5-4-10-24(26)19-35-28-13-7-6-12-27(28)33-30(35)38-21-29(36)34-32-18-22-14-16-25(17-15-22)37-20-23-8-2-1-3-9-23/h1-18H,19-21H2,(H,34,36)/b32-18-. The summed E-state index contributed by atoms with van der Waals surface area (Å²) in [5, 5.41) is 5.54. The average molecular weight is 541 g/mol. The van der Waals surface area contributed by atoms with Crippen LogP contribution in [0.15, 0.2) is 113 Å². The van der Waals surface area contributed by atoms with Crippen molar-refractivity contribution in [2.45, 2.75) is 18.3 Å². The number of nitrogens with one attached hydrogen (secondary N) is 1. The summed E-state index contributed by atoms with van der Waals surface area (Å²) in [4.78, 5) is 17.2. The Balaban J connectivity index is 1.16. The molecule has 0 spiro atoms. The van der Waals surface area contributed by atoms with Crippen LogP contribution < -0.4 is 10.2 Å². The molecule has 1 N–H and O–H groups in total. The molecule has 5 aromatic rings. The summed E-state index contributed by atoms with van der Waals surface area (Å²) < 4.78 is 7.89. The lowest BCUT2D eigenvalue weighted by Crippen LogP contribution is -2.20. The molecule has 0 saturated heterocycles. The number of hydrogen-bond acceptors (Lipinski definition) is 5. The van der Waals surface area contributed by atoms with Crippen LogP contribution in [0, 0.1) is 0 Å². The first-order valence-corrected chi connectivity index (χ1v) is 13.4. The highest BCUT2D eigenvalue weighted by atomic mass is 35.5. The van der Waals surface area contributed by atoms with Crippen LogP contribution in [0.2, 0.25) is 5.02 Å². The van der Waals surface area contributed by atoms with Crippen molar-refractivity contribution in [2.24, 2.45) is 5.10 Å². The van der Waals surface area contributed by atoms with Crippen molar-refractivity contribution in [1.82, 2.24) is 15.0 Å². The molecule has 5 rings (SSSR count). The molecule has 4 aromatic carbocycles. The number of thioether (sulfide) groups is 1. The molecule has 0 aliphatic heterocycles. The first-order valence-electron chi connectivity index (χ1n) is 12.1. The number of hydrazone groups is 1. The van der Waals surface area contributed by atoms with Crippen LogP contribution in [-0.2, 0) is 17.9 Å². The molecule has 0 fully saturated rings. The van der Waals surface area contributed by atoms with Crippen molar-refractivity contribution in [2.75, 3.05) is 5.75 Å². The SMILES string of the molecule is O=C(CSc1nc2ccccc2n1Cc1ccccc1Cl)N/N=C\c1ccc(OCc2ccccc2)cc1. The van der Waals surface area contributed by atoms with Gasteiger partial charge in [-0.1, -0.05) is 84.0 Å². The summed E-state index contributed by atoms with van der Waals surface area (Å²) in [6.07, 6.45) is 1.61. The van der Waals surface area contributed by atoms with Gasteiger partial charge in [0.2, 0.25) is 0 Å². The van der Waals surface area contributed by atoms with Gasteiger partial charge < -0.3 is 9.30 Å². The second kappa shape index (κ2) is 12.4. The number of amides is 1. The quantitative estimate of drug-likeness (QED) is 0.124. The highest BCUT2D eigenvalue weighted by Gasteiger charge is 2.14. The average Bonchev–Trinajstić information content (AvgIpc) is 3.30. The third-order valence-electron chi connectivity index (χ3n) is 5.77. The highest BCUT2D eigenvalue weighted by Crippen LogP contribution is 2.27. The summed E-state index contributed by atoms with van der Waals surface area (Å²) in [7, 11) is 0. The molecule has 0 aliphatic carbocycles. The van der Waals surface area contributed by atoms with E-state index in [1.165, 1.54) is 11.8 Å². The van der Waals surface area contributed by atoms with Gasteiger partial charge in [-0.2, -0.15) is 5.10 Å². The lowest BCUT2D eigenvalue weighted by molar-refractivity contribution is -0.118. The molecular weight excluding hydrogens is 516 g/mol. The Bertz CT molecular complexity index is 1550. The van der Waals surface area contributed by atoms with E-state index in [9.17, 15) is 4.79 Å². The Morgan fingerprint density at radius 2 is 1.68 bits per heavy atom. The number of benzene rings is 4. The van der Waals surface area contributed by atoms with Crippen molar-refractivity contribution >= 4 is 46.5 Å². The van der Waals surface area contributed by atoms with E-state index in [2.05, 4.69) is 15.1 Å². The summed E-state index contributed by atoms with van der Waals surface area (Å²) in [5.74, 6) is 0.728. The zero-order chi connectivity index (χ0) is 26.2. The summed E-state index contributed by atoms with van der Waals surface area (Å²) in [5.41, 5.74) is 7.41. The molecule has 0 saturated carbocycles. The smallest absolute Gasteiger partial charge is 0.250 e. The van der Waals surface area contributed by atoms with Crippen molar-refractivity contribution in [3.05, 3.63) is 125 Å². The van der Waals surface area contributed by atoms with Gasteiger partial charge in [0.05, 0.1) is 29.5 Å². The van der Waals surface area contributed by atoms with E-state index < -0.39 is 0 Å². The second-order valence-corrected chi connectivity index (χ2v) is 9.84. The molecule has 0 bridgehead atoms. The molecule has 8 heteroatoms. The van der Waals surface area contributed by atoms with Crippen LogP contribution in [0.5, 0.6) is 5.75 Å². The number of para-hydroxylation sites is 2. The minimum Gasteiger partial charge on any atom is -0.489 e. The van der Waals surface area contributed by atoms with Gasteiger partial charge in [0.25, 0.3) is 5.91 Å². The highest BCUT2D eigenvalue weighted by molar-refractivity contribution is 7.99. The lowest BCUT2D eigenvalue weighted by Gasteiger charge is -2.10. The number of fused-ring (bicyclic) bond motifs is 1. The van der Waals surface area contributed by atoms with Gasteiger partial charge in [0.1, 0.15) is 12.4 Å². The first-order chi connectivity index (χ1) is 18.7. The largest absolute Gasteiger partial charge is 0.489 e. The van der Waals surface area contributed by atoms with Gasteiger partial charge in [-0.05, 0) is 59.2 Å². The van der Waals surface area contributed by atoms with Crippen molar-refractivity contribution in [3.63, 3.8) is 0 Å². The van der Waals surface area contributed by atoms with E-state index in [4.69, 9.17) is 21.3 Å². The molecule has 6 nitrogen and oxygen atoms in total. The van der Waals surface area contributed by atoms with Gasteiger partial charge in [0, 0.05) is 5.02 Å². The molecular formula is C30H25ClN4O2S. The summed E-state index contributed by atoms with van der Waals surface area (Å²) in [6, 6.07) is 33.2. The normalized spacial score (nSPS) is 11.2. The Labute approximate surface area is 230 Å². The number of imidazole rings is 1. The van der Waals surface area contributed by atoms with E-state index in [1.807, 2.05) is 103 Å². The maximum atomic E-state index is 12.5. The van der Waals surface area contributed by atoms with Gasteiger partial charge in [0.15, 0.2) is 5.16 Å². The monoisotopic (exact) mass is 540 g/mol. The second-order valence-electron chi connectivity index (χ2n) is 8.49. The number of nitrogens with zero attached hydrogens (tertiary/aromatic N) is 3. The predicted octanol–water partition coefficient (Wildman–Crippen LogP) is 6.56. The Morgan fingerprint density at radius 1 is 0.947 bits per heavy atom. The summed E-state index contributed by atoms with van der Waals surface area (Å²) >= 11 is 7.77. The van der Waals surface area contributed by atoms with Gasteiger partial charge >= 0.3 is 0 Å². The molecule has 1 heterocycles. The Hall–Kier alpha value is -4.07. The molecule has 0 radical (unpaired) electrons. The minimum atomic E-state index is -0.217. The third kappa shape index (κ3) is 6.62. The fourth-order valence-electron chi connectivity index (χ4n) is 3.85. The van der Waals surface area contributed by atoms with Gasteiger partial charge in [-0.3, -0.25) is 4.79 Å². The van der Waals surface area contributed by atoms with Crippen LogP contribution in [-0.4, -0.2) is 27.4 Å². The minimum absolute atomic E-state index is 0.176. The summed E-state index contributed by atoms with van der Waals surface area (Å²) in [6.45, 7) is 1.07. The molecule has 1 amide bonds. The van der Waals surface area contributed by atoms with E-state index in [0.717, 1.165) is 38.6 Å². The molecule has 190 valence electrons. The molecule has 0 unspecified atom stereocenters. The van der Waals surface area contributed by atoms with Crippen LogP contribution >= 0.6 is 23.4 Å². The van der Waals surface area contributed by atoms with E-state index in [1.54, 1.807) is 6.21 Å². The maximum absolute atomic E-state index is 12.5. The number of halogens is 1.